The van der Waals surface area contributed by atoms with E-state index in [4.69, 9.17) is 0 Å². The van der Waals surface area contributed by atoms with Crippen LogP contribution in [-0.2, 0) is 11.0 Å². The van der Waals surface area contributed by atoms with Crippen molar-refractivity contribution in [2.75, 3.05) is 13.3 Å². The number of hydrogen-bond acceptors (Lipinski definition) is 1. The first-order valence-electron chi connectivity index (χ1n) is 5.04. The van der Waals surface area contributed by atoms with Gasteiger partial charge < -0.3 is 4.57 Å². The van der Waals surface area contributed by atoms with Crippen molar-refractivity contribution >= 4 is 12.4 Å². The fourth-order valence-electron chi connectivity index (χ4n) is 1.49. The molecule has 2 heteroatoms. The summed E-state index contributed by atoms with van der Waals surface area (Å²) in [5.41, 5.74) is 1.29. The second-order valence-corrected chi connectivity index (χ2v) is 7.84. The predicted molar refractivity (Wildman–Crippen MR) is 64.1 cm³/mol. The molecule has 0 saturated carbocycles. The van der Waals surface area contributed by atoms with Gasteiger partial charge in [-0.1, -0.05) is 32.0 Å². The first-order chi connectivity index (χ1) is 6.39. The summed E-state index contributed by atoms with van der Waals surface area (Å²) < 4.78 is 11.9. The minimum Gasteiger partial charge on any atom is -0.319 e. The highest BCUT2D eigenvalue weighted by Crippen LogP contribution is 2.34. The van der Waals surface area contributed by atoms with Crippen LogP contribution in [0.15, 0.2) is 24.3 Å². The summed E-state index contributed by atoms with van der Waals surface area (Å²) in [7, 11) is -2.09. The third-order valence-electron chi connectivity index (χ3n) is 2.18. The van der Waals surface area contributed by atoms with E-state index in [1.165, 1.54) is 5.56 Å². The van der Waals surface area contributed by atoms with Crippen molar-refractivity contribution in [3.63, 3.8) is 0 Å². The molecule has 1 aromatic carbocycles. The van der Waals surface area contributed by atoms with Gasteiger partial charge in [-0.15, -0.1) is 0 Å². The quantitative estimate of drug-likeness (QED) is 0.700. The van der Waals surface area contributed by atoms with E-state index in [9.17, 15) is 4.57 Å². The molecule has 0 spiro atoms. The lowest BCUT2D eigenvalue weighted by atomic mass is 10.0. The maximum atomic E-state index is 11.9. The normalized spacial score (nSPS) is 12.1. The maximum absolute atomic E-state index is 11.9. The molecule has 0 aliphatic rings. The number of rotatable bonds is 3. The smallest absolute Gasteiger partial charge is 0.109 e. The van der Waals surface area contributed by atoms with Gasteiger partial charge in [0.25, 0.3) is 0 Å². The summed E-state index contributed by atoms with van der Waals surface area (Å²) in [5, 5.41) is 0.996. The number of benzene rings is 1. The van der Waals surface area contributed by atoms with Crippen LogP contribution >= 0.6 is 7.14 Å². The zero-order chi connectivity index (χ0) is 10.8. The summed E-state index contributed by atoms with van der Waals surface area (Å²) in [5.74, 6) is 0.651. The highest BCUT2D eigenvalue weighted by molar-refractivity contribution is 7.70. The topological polar surface area (TPSA) is 17.1 Å². The molecule has 0 atom stereocenters. The monoisotopic (exact) mass is 210 g/mol. The lowest BCUT2D eigenvalue weighted by molar-refractivity contribution is 0.588. The van der Waals surface area contributed by atoms with Crippen molar-refractivity contribution in [2.24, 2.45) is 5.92 Å². The molecule has 78 valence electrons. The van der Waals surface area contributed by atoms with Gasteiger partial charge >= 0.3 is 0 Å². The van der Waals surface area contributed by atoms with Crippen LogP contribution in [0.4, 0.5) is 0 Å². The van der Waals surface area contributed by atoms with E-state index >= 15 is 0 Å². The Labute approximate surface area is 86.9 Å². The van der Waals surface area contributed by atoms with Gasteiger partial charge in [0, 0.05) is 5.30 Å². The van der Waals surface area contributed by atoms with Gasteiger partial charge in [-0.2, -0.15) is 0 Å². The van der Waals surface area contributed by atoms with E-state index in [1.54, 1.807) is 0 Å². The highest BCUT2D eigenvalue weighted by atomic mass is 31.2. The minimum atomic E-state index is -2.09. The fraction of sp³-hybridized carbons (Fsp3) is 0.500. The molecule has 0 aliphatic heterocycles. The Morgan fingerprint density at radius 1 is 1.29 bits per heavy atom. The Hall–Kier alpha value is -0.550. The highest BCUT2D eigenvalue weighted by Gasteiger charge is 2.11. The maximum Gasteiger partial charge on any atom is 0.109 e. The largest absolute Gasteiger partial charge is 0.319 e. The molecule has 14 heavy (non-hydrogen) atoms. The number of hydrogen-bond donors (Lipinski definition) is 0. The molecular weight excluding hydrogens is 191 g/mol. The van der Waals surface area contributed by atoms with Crippen molar-refractivity contribution in [3.8, 4) is 0 Å². The Morgan fingerprint density at radius 2 is 1.93 bits per heavy atom. The van der Waals surface area contributed by atoms with Crippen LogP contribution in [0.3, 0.4) is 0 Å². The predicted octanol–water partition coefficient (Wildman–Crippen LogP) is 3.13. The fourth-order valence-corrected chi connectivity index (χ4v) is 2.41. The van der Waals surface area contributed by atoms with Crippen LogP contribution in [0.1, 0.15) is 19.4 Å². The van der Waals surface area contributed by atoms with Gasteiger partial charge in [0.15, 0.2) is 0 Å². The third kappa shape index (κ3) is 3.31. The zero-order valence-corrected chi connectivity index (χ0v) is 10.3. The van der Waals surface area contributed by atoms with Crippen LogP contribution < -0.4 is 5.30 Å². The summed E-state index contributed by atoms with van der Waals surface area (Å²) >= 11 is 0. The Kier molecular flexibility index (Phi) is 3.55. The molecule has 0 aliphatic carbocycles. The minimum absolute atomic E-state index is 0.651. The van der Waals surface area contributed by atoms with Crippen LogP contribution in [0.2, 0.25) is 0 Å². The van der Waals surface area contributed by atoms with Gasteiger partial charge in [0.05, 0.1) is 0 Å². The van der Waals surface area contributed by atoms with E-state index in [-0.39, 0.29) is 0 Å². The molecule has 0 amide bonds. The summed E-state index contributed by atoms with van der Waals surface area (Å²) in [4.78, 5) is 0. The molecule has 0 aromatic heterocycles. The molecule has 0 bridgehead atoms. The summed E-state index contributed by atoms with van der Waals surface area (Å²) in [6, 6.07) is 8.16. The van der Waals surface area contributed by atoms with Crippen molar-refractivity contribution in [2.45, 2.75) is 20.3 Å². The molecule has 0 unspecified atom stereocenters. The van der Waals surface area contributed by atoms with Crippen molar-refractivity contribution < 1.29 is 4.57 Å². The third-order valence-corrected chi connectivity index (χ3v) is 3.70. The molecule has 1 nitrogen and oxygen atoms in total. The Balaban J connectivity index is 2.96. The average molecular weight is 210 g/mol. The zero-order valence-electron chi connectivity index (χ0n) is 9.45. The Morgan fingerprint density at radius 3 is 2.43 bits per heavy atom. The second-order valence-electron chi connectivity index (χ2n) is 4.62. The van der Waals surface area contributed by atoms with Gasteiger partial charge in [-0.05, 0) is 37.3 Å². The molecule has 1 aromatic rings. The van der Waals surface area contributed by atoms with Gasteiger partial charge in [-0.3, -0.25) is 0 Å². The molecule has 0 N–H and O–H groups in total. The van der Waals surface area contributed by atoms with E-state index in [0.717, 1.165) is 11.7 Å². The SMILES string of the molecule is CC(C)Cc1cccc(P(C)(C)=O)c1. The molecule has 0 radical (unpaired) electrons. The van der Waals surface area contributed by atoms with Crippen molar-refractivity contribution in [1.29, 1.82) is 0 Å². The van der Waals surface area contributed by atoms with Crippen LogP contribution in [-0.4, -0.2) is 13.3 Å². The lowest BCUT2D eigenvalue weighted by Crippen LogP contribution is -2.05. The van der Waals surface area contributed by atoms with E-state index in [2.05, 4.69) is 26.0 Å². The average Bonchev–Trinajstić information content (AvgIpc) is 2.01. The standard InChI is InChI=1S/C12H19OP/c1-10(2)8-11-6-5-7-12(9-11)14(3,4)13/h5-7,9-10H,8H2,1-4H3. The van der Waals surface area contributed by atoms with E-state index in [1.807, 2.05) is 25.5 Å². The second kappa shape index (κ2) is 4.31. The first-order valence-corrected chi connectivity index (χ1v) is 7.64. The molecule has 0 heterocycles. The van der Waals surface area contributed by atoms with E-state index in [0.29, 0.717) is 5.92 Å². The summed E-state index contributed by atoms with van der Waals surface area (Å²) in [6.07, 6.45) is 1.06. The molecular formula is C12H19OP. The Bertz CT molecular complexity index is 349. The molecule has 0 fully saturated rings. The van der Waals surface area contributed by atoms with Gasteiger partial charge in [-0.25, -0.2) is 0 Å². The van der Waals surface area contributed by atoms with Gasteiger partial charge in [0.1, 0.15) is 7.14 Å². The van der Waals surface area contributed by atoms with Crippen LogP contribution in [0, 0.1) is 5.92 Å². The lowest BCUT2D eigenvalue weighted by Gasteiger charge is -2.10. The van der Waals surface area contributed by atoms with E-state index < -0.39 is 7.14 Å². The summed E-state index contributed by atoms with van der Waals surface area (Å²) in [6.45, 7) is 8.04. The van der Waals surface area contributed by atoms with Gasteiger partial charge in [0.2, 0.25) is 0 Å². The van der Waals surface area contributed by atoms with Crippen molar-refractivity contribution in [3.05, 3.63) is 29.8 Å². The first kappa shape index (κ1) is 11.5. The molecule has 1 rings (SSSR count). The molecule has 0 saturated heterocycles. The van der Waals surface area contributed by atoms with Crippen LogP contribution in [0.5, 0.6) is 0 Å². The van der Waals surface area contributed by atoms with Crippen molar-refractivity contribution in [1.82, 2.24) is 0 Å². The van der Waals surface area contributed by atoms with Crippen LogP contribution in [0.25, 0.3) is 0 Å².